The van der Waals surface area contributed by atoms with Gasteiger partial charge in [0.25, 0.3) is 0 Å². The number of hydrogen-bond donors (Lipinski definition) is 3. The van der Waals surface area contributed by atoms with Gasteiger partial charge >= 0.3 is 0 Å². The van der Waals surface area contributed by atoms with Crippen LogP contribution in [-0.4, -0.2) is 47.0 Å². The van der Waals surface area contributed by atoms with Crippen LogP contribution < -0.4 is 10.6 Å². The minimum absolute atomic E-state index is 0.0308. The molecule has 0 bridgehead atoms. The summed E-state index contributed by atoms with van der Waals surface area (Å²) >= 11 is 1.19. The standard InChI is InChI=1S/C9H15N3O3S/c1-6-4-7(14)12-9(11-6)16-5-8(15)10-2-3-13/h6,13H,2-5H2,1H3,(H,10,15)(H,11,12,14)/t6-/m1/s1. The first-order valence-electron chi connectivity index (χ1n) is 5.00. The van der Waals surface area contributed by atoms with Gasteiger partial charge in [0.05, 0.1) is 18.4 Å². The molecule has 2 amide bonds. The van der Waals surface area contributed by atoms with Gasteiger partial charge in [-0.05, 0) is 6.92 Å². The lowest BCUT2D eigenvalue weighted by molar-refractivity contribution is -0.120. The van der Waals surface area contributed by atoms with Crippen molar-refractivity contribution in [3.63, 3.8) is 0 Å². The number of amides is 2. The van der Waals surface area contributed by atoms with E-state index in [4.69, 9.17) is 5.11 Å². The van der Waals surface area contributed by atoms with Crippen LogP contribution in [0.4, 0.5) is 0 Å². The quantitative estimate of drug-likeness (QED) is 0.598. The Bertz CT molecular complexity index is 306. The fourth-order valence-corrected chi connectivity index (χ4v) is 1.98. The van der Waals surface area contributed by atoms with Crippen molar-refractivity contribution in [3.8, 4) is 0 Å². The smallest absolute Gasteiger partial charge is 0.230 e. The van der Waals surface area contributed by atoms with Crippen molar-refractivity contribution in [3.05, 3.63) is 0 Å². The highest BCUT2D eigenvalue weighted by molar-refractivity contribution is 8.14. The fraction of sp³-hybridized carbons (Fsp3) is 0.667. The Morgan fingerprint density at radius 1 is 1.75 bits per heavy atom. The van der Waals surface area contributed by atoms with E-state index < -0.39 is 0 Å². The molecule has 90 valence electrons. The zero-order chi connectivity index (χ0) is 12.0. The van der Waals surface area contributed by atoms with E-state index in [1.54, 1.807) is 0 Å². The van der Waals surface area contributed by atoms with Gasteiger partial charge in [-0.15, -0.1) is 0 Å². The third kappa shape index (κ3) is 4.63. The predicted molar refractivity (Wildman–Crippen MR) is 62.2 cm³/mol. The summed E-state index contributed by atoms with van der Waals surface area (Å²) in [6.07, 6.45) is 0.390. The predicted octanol–water partition coefficient (Wildman–Crippen LogP) is -0.907. The van der Waals surface area contributed by atoms with E-state index in [2.05, 4.69) is 15.6 Å². The van der Waals surface area contributed by atoms with Gasteiger partial charge in [-0.3, -0.25) is 14.6 Å². The maximum Gasteiger partial charge on any atom is 0.230 e. The summed E-state index contributed by atoms with van der Waals surface area (Å²) in [4.78, 5) is 26.6. The molecule has 3 N–H and O–H groups in total. The van der Waals surface area contributed by atoms with Crippen LogP contribution in [0, 0.1) is 0 Å². The van der Waals surface area contributed by atoms with Gasteiger partial charge in [0.1, 0.15) is 0 Å². The average Bonchev–Trinajstić information content (AvgIpc) is 2.22. The Kier molecular flexibility index (Phi) is 5.27. The van der Waals surface area contributed by atoms with Crippen LogP contribution in [0.3, 0.4) is 0 Å². The van der Waals surface area contributed by atoms with Gasteiger partial charge in [-0.25, -0.2) is 0 Å². The lowest BCUT2D eigenvalue weighted by Crippen LogP contribution is -2.37. The van der Waals surface area contributed by atoms with Crippen molar-refractivity contribution >= 4 is 28.7 Å². The molecule has 7 heteroatoms. The first-order chi connectivity index (χ1) is 7.61. The van der Waals surface area contributed by atoms with Crippen LogP contribution in [-0.2, 0) is 9.59 Å². The molecule has 0 aromatic heterocycles. The molecule has 0 saturated heterocycles. The summed E-state index contributed by atoms with van der Waals surface area (Å²) in [5.74, 6) is -0.0683. The number of thioether (sulfide) groups is 1. The summed E-state index contributed by atoms with van der Waals surface area (Å²) < 4.78 is 0. The molecule has 0 aromatic rings. The van der Waals surface area contributed by atoms with Gasteiger partial charge in [0.15, 0.2) is 5.17 Å². The Balaban J connectivity index is 2.31. The topological polar surface area (TPSA) is 90.8 Å². The van der Waals surface area contributed by atoms with Gasteiger partial charge in [-0.2, -0.15) is 0 Å². The zero-order valence-corrected chi connectivity index (χ0v) is 9.84. The minimum Gasteiger partial charge on any atom is -0.395 e. The number of nitrogens with one attached hydrogen (secondary N) is 2. The van der Waals surface area contributed by atoms with E-state index in [9.17, 15) is 9.59 Å². The number of aliphatic hydroxyl groups excluding tert-OH is 1. The summed E-state index contributed by atoms with van der Waals surface area (Å²) in [6, 6.07) is -0.0308. The number of carbonyl (C=O) groups is 2. The van der Waals surface area contributed by atoms with E-state index in [0.29, 0.717) is 11.6 Å². The SMILES string of the molecule is C[C@@H]1CC(=O)NC(SCC(=O)NCCO)=N1. The highest BCUT2D eigenvalue weighted by Crippen LogP contribution is 2.10. The molecule has 1 heterocycles. The molecule has 1 aliphatic heterocycles. The Morgan fingerprint density at radius 3 is 3.12 bits per heavy atom. The van der Waals surface area contributed by atoms with Crippen molar-refractivity contribution in [1.29, 1.82) is 0 Å². The molecule has 0 fully saturated rings. The first kappa shape index (κ1) is 13.0. The summed E-state index contributed by atoms with van der Waals surface area (Å²) in [5, 5.41) is 14.1. The molecule has 0 unspecified atom stereocenters. The Hall–Kier alpha value is -1.08. The molecule has 0 radical (unpaired) electrons. The van der Waals surface area contributed by atoms with Crippen molar-refractivity contribution in [2.75, 3.05) is 18.9 Å². The minimum atomic E-state index is -0.186. The van der Waals surface area contributed by atoms with Gasteiger partial charge in [0.2, 0.25) is 11.8 Å². The molecule has 0 aromatic carbocycles. The summed E-state index contributed by atoms with van der Waals surface area (Å²) in [6.45, 7) is 2.02. The van der Waals surface area contributed by atoms with Crippen LogP contribution >= 0.6 is 11.8 Å². The highest BCUT2D eigenvalue weighted by Gasteiger charge is 2.18. The van der Waals surface area contributed by atoms with Crippen molar-refractivity contribution in [2.45, 2.75) is 19.4 Å². The first-order valence-corrected chi connectivity index (χ1v) is 5.98. The van der Waals surface area contributed by atoms with E-state index in [1.165, 1.54) is 11.8 Å². The van der Waals surface area contributed by atoms with Gasteiger partial charge in [0, 0.05) is 13.0 Å². The monoisotopic (exact) mass is 245 g/mol. The third-order valence-electron chi connectivity index (χ3n) is 1.84. The van der Waals surface area contributed by atoms with Crippen LogP contribution in [0.25, 0.3) is 0 Å². The Morgan fingerprint density at radius 2 is 2.50 bits per heavy atom. The molecule has 0 spiro atoms. The zero-order valence-electron chi connectivity index (χ0n) is 9.02. The molecule has 1 rings (SSSR count). The Labute approximate surface area is 97.9 Å². The molecule has 1 atom stereocenters. The molecular formula is C9H15N3O3S. The molecule has 16 heavy (non-hydrogen) atoms. The molecule has 1 aliphatic rings. The summed E-state index contributed by atoms with van der Waals surface area (Å²) in [7, 11) is 0. The van der Waals surface area contributed by atoms with Crippen LogP contribution in [0.1, 0.15) is 13.3 Å². The lowest BCUT2D eigenvalue weighted by atomic mass is 10.2. The maximum atomic E-state index is 11.2. The van der Waals surface area contributed by atoms with Crippen molar-refractivity contribution in [2.24, 2.45) is 4.99 Å². The van der Waals surface area contributed by atoms with Crippen molar-refractivity contribution < 1.29 is 14.7 Å². The van der Waals surface area contributed by atoms with E-state index in [0.717, 1.165) is 0 Å². The number of amidine groups is 1. The second kappa shape index (κ2) is 6.49. The average molecular weight is 245 g/mol. The number of carbonyl (C=O) groups excluding carboxylic acids is 2. The lowest BCUT2D eigenvalue weighted by Gasteiger charge is -2.16. The summed E-state index contributed by atoms with van der Waals surface area (Å²) in [5.41, 5.74) is 0. The number of rotatable bonds is 4. The van der Waals surface area contributed by atoms with Crippen LogP contribution in [0.5, 0.6) is 0 Å². The fourth-order valence-electron chi connectivity index (χ4n) is 1.17. The van der Waals surface area contributed by atoms with E-state index in [1.807, 2.05) is 6.92 Å². The van der Waals surface area contributed by atoms with E-state index >= 15 is 0 Å². The molecule has 0 aliphatic carbocycles. The number of aliphatic imine (C=N–C) groups is 1. The van der Waals surface area contributed by atoms with Gasteiger partial charge < -0.3 is 15.7 Å². The molecule has 6 nitrogen and oxygen atoms in total. The molecular weight excluding hydrogens is 230 g/mol. The number of aliphatic hydroxyl groups is 1. The van der Waals surface area contributed by atoms with Crippen molar-refractivity contribution in [1.82, 2.24) is 10.6 Å². The maximum absolute atomic E-state index is 11.2. The van der Waals surface area contributed by atoms with Crippen LogP contribution in [0.15, 0.2) is 4.99 Å². The highest BCUT2D eigenvalue weighted by atomic mass is 32.2. The molecule has 0 saturated carbocycles. The number of hydrogen-bond acceptors (Lipinski definition) is 5. The van der Waals surface area contributed by atoms with Crippen LogP contribution in [0.2, 0.25) is 0 Å². The normalized spacial score (nSPS) is 20.0. The number of nitrogens with zero attached hydrogens (tertiary/aromatic N) is 1. The second-order valence-electron chi connectivity index (χ2n) is 3.40. The third-order valence-corrected chi connectivity index (χ3v) is 2.73. The van der Waals surface area contributed by atoms with E-state index in [-0.39, 0.29) is 36.8 Å². The second-order valence-corrected chi connectivity index (χ2v) is 4.36. The van der Waals surface area contributed by atoms with Gasteiger partial charge in [-0.1, -0.05) is 11.8 Å². The largest absolute Gasteiger partial charge is 0.395 e.